The van der Waals surface area contributed by atoms with Crippen LogP contribution in [-0.2, 0) is 6.54 Å². The van der Waals surface area contributed by atoms with E-state index in [-0.39, 0.29) is 0 Å². The Balaban J connectivity index is 2.04. The Bertz CT molecular complexity index is 856. The molecule has 2 aromatic rings. The molecule has 0 fully saturated rings. The van der Waals surface area contributed by atoms with E-state index in [1.165, 1.54) is 4.31 Å². The highest BCUT2D eigenvalue weighted by molar-refractivity contribution is 8.23. The van der Waals surface area contributed by atoms with Gasteiger partial charge in [-0.05, 0) is 73.3 Å². The third kappa shape index (κ3) is 4.06. The van der Waals surface area contributed by atoms with Crippen LogP contribution in [0.15, 0.2) is 42.5 Å². The molecule has 0 bridgehead atoms. The molecule has 1 heterocycles. The smallest absolute Gasteiger partial charge is 0.0991 e. The Hall–Kier alpha value is -1.79. The van der Waals surface area contributed by atoms with Crippen molar-refractivity contribution in [3.63, 3.8) is 0 Å². The third-order valence-corrected chi connectivity index (χ3v) is 6.73. The van der Waals surface area contributed by atoms with Crippen LogP contribution in [-0.4, -0.2) is 33.5 Å². The molecule has 0 aliphatic carbocycles. The van der Waals surface area contributed by atoms with Crippen molar-refractivity contribution in [3.05, 3.63) is 58.6 Å². The van der Waals surface area contributed by atoms with Crippen molar-refractivity contribution in [2.24, 2.45) is 0 Å². The van der Waals surface area contributed by atoms with E-state index < -0.39 is 11.0 Å². The van der Waals surface area contributed by atoms with Gasteiger partial charge < -0.3 is 5.32 Å². The highest BCUT2D eigenvalue weighted by Gasteiger charge is 2.38. The first kappa shape index (κ1) is 20.0. The standard InChI is InChI=1S/C19H23ClN4O2S/c1-22-10-4-5-11-23-14-16-12-15(13-21)8-9-18(16)24(27(23,25)26)19-7-3-2-6-17(19)20/h2-3,6-9,12,22,25-26H,4-5,10-11,14H2,1H3. The molecular weight excluding hydrogens is 384 g/mol. The van der Waals surface area contributed by atoms with Gasteiger partial charge in [-0.2, -0.15) is 9.57 Å². The second kappa shape index (κ2) is 8.48. The molecular formula is C19H23ClN4O2S. The number of fused-ring (bicyclic) bond motifs is 1. The Morgan fingerprint density at radius 1 is 1.19 bits per heavy atom. The van der Waals surface area contributed by atoms with Crippen LogP contribution in [0.4, 0.5) is 11.4 Å². The predicted octanol–water partition coefficient (Wildman–Crippen LogP) is 4.75. The molecule has 0 spiro atoms. The van der Waals surface area contributed by atoms with Gasteiger partial charge in [0.15, 0.2) is 0 Å². The fourth-order valence-corrected chi connectivity index (χ4v) is 5.23. The van der Waals surface area contributed by atoms with E-state index in [2.05, 4.69) is 11.4 Å². The van der Waals surface area contributed by atoms with Crippen molar-refractivity contribution >= 4 is 33.9 Å². The highest BCUT2D eigenvalue weighted by atomic mass is 35.5. The summed E-state index contributed by atoms with van der Waals surface area (Å²) in [4.78, 5) is 0. The molecule has 0 saturated carbocycles. The molecule has 2 aromatic carbocycles. The minimum atomic E-state index is -3.28. The van der Waals surface area contributed by atoms with Crippen LogP contribution >= 0.6 is 22.6 Å². The maximum absolute atomic E-state index is 11.2. The minimum absolute atomic E-state index is 0.369. The van der Waals surface area contributed by atoms with Crippen molar-refractivity contribution < 1.29 is 9.11 Å². The minimum Gasteiger partial charge on any atom is -0.320 e. The summed E-state index contributed by atoms with van der Waals surface area (Å²) in [6.45, 7) is 1.77. The molecule has 0 unspecified atom stereocenters. The number of unbranched alkanes of at least 4 members (excludes halogenated alkanes) is 1. The number of halogens is 1. The lowest BCUT2D eigenvalue weighted by Crippen LogP contribution is -2.42. The zero-order valence-corrected chi connectivity index (χ0v) is 16.7. The van der Waals surface area contributed by atoms with Crippen LogP contribution in [0.1, 0.15) is 24.0 Å². The number of nitrogens with zero attached hydrogens (tertiary/aromatic N) is 3. The molecule has 1 aliphatic heterocycles. The maximum atomic E-state index is 11.2. The van der Waals surface area contributed by atoms with Crippen molar-refractivity contribution in [3.8, 4) is 6.07 Å². The topological polar surface area (TPSA) is 82.8 Å². The molecule has 0 saturated heterocycles. The number of para-hydroxylation sites is 1. The second-order valence-corrected chi connectivity index (χ2v) is 8.63. The summed E-state index contributed by atoms with van der Waals surface area (Å²) in [6, 6.07) is 14.5. The number of rotatable bonds is 6. The Labute approximate surface area is 166 Å². The third-order valence-electron chi connectivity index (χ3n) is 4.52. The van der Waals surface area contributed by atoms with Gasteiger partial charge in [-0.15, -0.1) is 0 Å². The summed E-state index contributed by atoms with van der Waals surface area (Å²) < 4.78 is 25.5. The summed E-state index contributed by atoms with van der Waals surface area (Å²) in [6.07, 6.45) is 1.75. The zero-order valence-electron chi connectivity index (χ0n) is 15.1. The molecule has 0 radical (unpaired) electrons. The van der Waals surface area contributed by atoms with E-state index in [4.69, 9.17) is 11.6 Å². The molecule has 8 heteroatoms. The van der Waals surface area contributed by atoms with E-state index in [9.17, 15) is 14.4 Å². The predicted molar refractivity (Wildman–Crippen MR) is 111 cm³/mol. The number of hydrogen-bond acceptors (Lipinski definition) is 6. The van der Waals surface area contributed by atoms with E-state index in [0.717, 1.165) is 24.9 Å². The zero-order chi connectivity index (χ0) is 19.4. The van der Waals surface area contributed by atoms with Gasteiger partial charge in [0.2, 0.25) is 0 Å². The van der Waals surface area contributed by atoms with E-state index in [0.29, 0.717) is 35.1 Å². The van der Waals surface area contributed by atoms with Crippen LogP contribution in [0.5, 0.6) is 0 Å². The van der Waals surface area contributed by atoms with E-state index in [1.54, 1.807) is 40.7 Å². The van der Waals surface area contributed by atoms with Crippen LogP contribution in [0.3, 0.4) is 0 Å². The van der Waals surface area contributed by atoms with Crippen LogP contribution < -0.4 is 9.62 Å². The first-order valence-corrected chi connectivity index (χ1v) is 10.6. The van der Waals surface area contributed by atoms with Gasteiger partial charge in [0.1, 0.15) is 0 Å². The van der Waals surface area contributed by atoms with Crippen molar-refractivity contribution in [1.29, 1.82) is 5.26 Å². The molecule has 0 aromatic heterocycles. The first-order chi connectivity index (χ1) is 13.0. The Morgan fingerprint density at radius 3 is 2.67 bits per heavy atom. The summed E-state index contributed by atoms with van der Waals surface area (Å²) in [5.74, 6) is 0. The lowest BCUT2D eigenvalue weighted by molar-refractivity contribution is 0.330. The number of nitriles is 1. The van der Waals surface area contributed by atoms with Crippen molar-refractivity contribution in [1.82, 2.24) is 9.62 Å². The summed E-state index contributed by atoms with van der Waals surface area (Å²) in [5, 5.41) is 12.8. The average Bonchev–Trinajstić information content (AvgIpc) is 2.66. The van der Waals surface area contributed by atoms with E-state index in [1.807, 2.05) is 13.1 Å². The molecule has 0 atom stereocenters. The maximum Gasteiger partial charge on any atom is 0.0991 e. The molecule has 0 amide bonds. The Morgan fingerprint density at radius 2 is 1.96 bits per heavy atom. The molecule has 3 N–H and O–H groups in total. The van der Waals surface area contributed by atoms with E-state index >= 15 is 0 Å². The molecule has 144 valence electrons. The molecule has 6 nitrogen and oxygen atoms in total. The van der Waals surface area contributed by atoms with Crippen molar-refractivity contribution in [2.45, 2.75) is 19.4 Å². The van der Waals surface area contributed by atoms with Crippen LogP contribution in [0.25, 0.3) is 0 Å². The normalized spacial score (nSPS) is 17.2. The van der Waals surface area contributed by atoms with Gasteiger partial charge in [0.25, 0.3) is 0 Å². The Kier molecular flexibility index (Phi) is 6.27. The number of benzene rings is 2. The molecule has 3 rings (SSSR count). The fourth-order valence-electron chi connectivity index (χ4n) is 3.17. The van der Waals surface area contributed by atoms with Gasteiger partial charge in [0.05, 0.1) is 28.0 Å². The van der Waals surface area contributed by atoms with Gasteiger partial charge >= 0.3 is 0 Å². The first-order valence-electron chi connectivity index (χ1n) is 8.75. The number of anilines is 2. The quantitative estimate of drug-likeness (QED) is 0.600. The monoisotopic (exact) mass is 406 g/mol. The second-order valence-electron chi connectivity index (χ2n) is 6.37. The largest absolute Gasteiger partial charge is 0.320 e. The summed E-state index contributed by atoms with van der Waals surface area (Å²) in [7, 11) is -1.38. The lowest BCUT2D eigenvalue weighted by atomic mass is 10.1. The van der Waals surface area contributed by atoms with Gasteiger partial charge in [0, 0.05) is 13.1 Å². The van der Waals surface area contributed by atoms with Crippen molar-refractivity contribution in [2.75, 3.05) is 24.4 Å². The summed E-state index contributed by atoms with van der Waals surface area (Å²) in [5.41, 5.74) is 2.61. The average molecular weight is 407 g/mol. The summed E-state index contributed by atoms with van der Waals surface area (Å²) >= 11 is 6.37. The molecule has 27 heavy (non-hydrogen) atoms. The number of nitrogens with one attached hydrogen (secondary N) is 1. The highest BCUT2D eigenvalue weighted by Crippen LogP contribution is 2.59. The SMILES string of the molecule is CNCCCCN1Cc2cc(C#N)ccc2N(c2ccccc2Cl)S1(O)O. The molecule has 1 aliphatic rings. The van der Waals surface area contributed by atoms with Crippen LogP contribution in [0.2, 0.25) is 5.02 Å². The van der Waals surface area contributed by atoms with Gasteiger partial charge in [-0.1, -0.05) is 23.7 Å². The lowest BCUT2D eigenvalue weighted by Gasteiger charge is -2.54. The number of hydrogen-bond donors (Lipinski definition) is 3. The van der Waals surface area contributed by atoms with Gasteiger partial charge in [-0.25, -0.2) is 4.31 Å². The van der Waals surface area contributed by atoms with Gasteiger partial charge in [-0.3, -0.25) is 9.11 Å². The van der Waals surface area contributed by atoms with Crippen LogP contribution in [0, 0.1) is 11.3 Å². The fraction of sp³-hybridized carbons (Fsp3) is 0.316.